The first-order valence-corrected chi connectivity index (χ1v) is 12.1. The summed E-state index contributed by atoms with van der Waals surface area (Å²) < 4.78 is 0. The van der Waals surface area contributed by atoms with E-state index in [-0.39, 0.29) is 6.61 Å². The molecule has 1 heterocycles. The van der Waals surface area contributed by atoms with Crippen molar-refractivity contribution in [3.63, 3.8) is 0 Å². The SMILES string of the molecule is OCc1ccccc1Sc1c(Cl)cccc1-c1nc(NC2CCCC2)c2ccccc2n1. The van der Waals surface area contributed by atoms with E-state index in [1.54, 1.807) is 0 Å². The maximum absolute atomic E-state index is 9.76. The molecule has 1 aliphatic carbocycles. The van der Waals surface area contributed by atoms with Gasteiger partial charge >= 0.3 is 0 Å². The Labute approximate surface area is 197 Å². The fraction of sp³-hybridized carbons (Fsp3) is 0.231. The van der Waals surface area contributed by atoms with E-state index in [4.69, 9.17) is 21.6 Å². The second-order valence-electron chi connectivity index (χ2n) is 8.02. The predicted molar refractivity (Wildman–Crippen MR) is 132 cm³/mol. The molecule has 3 aromatic carbocycles. The average Bonchev–Trinajstić information content (AvgIpc) is 3.34. The van der Waals surface area contributed by atoms with Crippen molar-refractivity contribution >= 4 is 40.1 Å². The minimum Gasteiger partial charge on any atom is -0.392 e. The summed E-state index contributed by atoms with van der Waals surface area (Å²) in [4.78, 5) is 11.7. The molecule has 0 aliphatic heterocycles. The molecular formula is C26H24ClN3OS. The number of rotatable bonds is 6. The molecule has 1 aliphatic rings. The third-order valence-corrected chi connectivity index (χ3v) is 7.55. The number of para-hydroxylation sites is 1. The average molecular weight is 462 g/mol. The molecule has 0 radical (unpaired) electrons. The molecule has 2 N–H and O–H groups in total. The highest BCUT2D eigenvalue weighted by molar-refractivity contribution is 7.99. The number of halogens is 1. The summed E-state index contributed by atoms with van der Waals surface area (Å²) in [5, 5.41) is 15.1. The lowest BCUT2D eigenvalue weighted by Crippen LogP contribution is -2.16. The highest BCUT2D eigenvalue weighted by atomic mass is 35.5. The van der Waals surface area contributed by atoms with Gasteiger partial charge in [0.2, 0.25) is 0 Å². The van der Waals surface area contributed by atoms with Crippen molar-refractivity contribution in [3.05, 3.63) is 77.3 Å². The summed E-state index contributed by atoms with van der Waals surface area (Å²) in [5.74, 6) is 1.53. The third kappa shape index (κ3) is 4.33. The van der Waals surface area contributed by atoms with Crippen molar-refractivity contribution in [1.29, 1.82) is 0 Å². The van der Waals surface area contributed by atoms with E-state index in [0.717, 1.165) is 37.6 Å². The van der Waals surface area contributed by atoms with Gasteiger partial charge in [-0.1, -0.05) is 72.6 Å². The fourth-order valence-electron chi connectivity index (χ4n) is 4.20. The standard InChI is InChI=1S/C26H24ClN3OS/c27-21-13-7-12-20(24(21)32-23-15-6-1-8-17(23)16-31)26-29-22-14-5-4-11-19(22)25(30-26)28-18-9-2-3-10-18/h1,4-8,11-15,18,31H,2-3,9-10,16H2,(H,28,29,30). The Bertz CT molecular complexity index is 1260. The molecule has 0 amide bonds. The Kier molecular flexibility index (Phi) is 6.30. The molecule has 6 heteroatoms. The fourth-order valence-corrected chi connectivity index (χ4v) is 5.56. The van der Waals surface area contributed by atoms with Crippen molar-refractivity contribution in [2.24, 2.45) is 0 Å². The van der Waals surface area contributed by atoms with Gasteiger partial charge < -0.3 is 10.4 Å². The number of fused-ring (bicyclic) bond motifs is 1. The monoisotopic (exact) mass is 461 g/mol. The van der Waals surface area contributed by atoms with Crippen LogP contribution in [0.15, 0.2) is 76.5 Å². The third-order valence-electron chi connectivity index (χ3n) is 5.86. The summed E-state index contributed by atoms with van der Waals surface area (Å²) >= 11 is 8.20. The van der Waals surface area contributed by atoms with E-state index in [0.29, 0.717) is 16.9 Å². The molecule has 1 saturated carbocycles. The summed E-state index contributed by atoms with van der Waals surface area (Å²) in [7, 11) is 0. The molecule has 4 nitrogen and oxygen atoms in total. The molecule has 0 saturated heterocycles. The lowest BCUT2D eigenvalue weighted by atomic mass is 10.1. The zero-order valence-electron chi connectivity index (χ0n) is 17.6. The Morgan fingerprint density at radius 3 is 2.56 bits per heavy atom. The van der Waals surface area contributed by atoms with Crippen LogP contribution in [0.1, 0.15) is 31.2 Å². The van der Waals surface area contributed by atoms with Crippen LogP contribution < -0.4 is 5.32 Å². The van der Waals surface area contributed by atoms with Crippen LogP contribution in [0.4, 0.5) is 5.82 Å². The molecule has 0 atom stereocenters. The first-order valence-electron chi connectivity index (χ1n) is 10.9. The van der Waals surface area contributed by atoms with Gasteiger partial charge in [-0.05, 0) is 48.7 Å². The molecule has 1 aromatic heterocycles. The molecule has 162 valence electrons. The van der Waals surface area contributed by atoms with Crippen molar-refractivity contribution < 1.29 is 5.11 Å². The van der Waals surface area contributed by atoms with Crippen molar-refractivity contribution in [2.45, 2.75) is 48.1 Å². The van der Waals surface area contributed by atoms with Crippen LogP contribution in [0, 0.1) is 0 Å². The highest BCUT2D eigenvalue weighted by Crippen LogP contribution is 2.41. The van der Waals surface area contributed by atoms with E-state index in [1.165, 1.54) is 37.4 Å². The van der Waals surface area contributed by atoms with Gasteiger partial charge in [0.25, 0.3) is 0 Å². The van der Waals surface area contributed by atoms with E-state index < -0.39 is 0 Å². The second-order valence-corrected chi connectivity index (χ2v) is 9.48. The number of nitrogens with zero attached hydrogens (tertiary/aromatic N) is 2. The van der Waals surface area contributed by atoms with Gasteiger partial charge in [-0.2, -0.15) is 0 Å². The van der Waals surface area contributed by atoms with Gasteiger partial charge in [0, 0.05) is 26.8 Å². The first-order chi connectivity index (χ1) is 15.7. The van der Waals surface area contributed by atoms with Gasteiger partial charge in [0.05, 0.1) is 17.1 Å². The van der Waals surface area contributed by atoms with E-state index >= 15 is 0 Å². The number of aliphatic hydroxyl groups is 1. The van der Waals surface area contributed by atoms with Gasteiger partial charge in [0.15, 0.2) is 5.82 Å². The van der Waals surface area contributed by atoms with Crippen LogP contribution in [0.5, 0.6) is 0 Å². The summed E-state index contributed by atoms with van der Waals surface area (Å²) in [5.41, 5.74) is 2.66. The summed E-state index contributed by atoms with van der Waals surface area (Å²) in [6.07, 6.45) is 4.85. The lowest BCUT2D eigenvalue weighted by Gasteiger charge is -2.17. The van der Waals surface area contributed by atoms with Crippen LogP contribution >= 0.6 is 23.4 Å². The number of hydrogen-bond donors (Lipinski definition) is 2. The molecule has 5 rings (SSSR count). The Balaban J connectivity index is 1.62. The highest BCUT2D eigenvalue weighted by Gasteiger charge is 2.20. The van der Waals surface area contributed by atoms with E-state index in [1.807, 2.05) is 60.7 Å². The zero-order valence-corrected chi connectivity index (χ0v) is 19.2. The molecule has 0 spiro atoms. The Hall–Kier alpha value is -2.60. The normalized spacial score (nSPS) is 14.2. The maximum atomic E-state index is 9.76. The van der Waals surface area contributed by atoms with Crippen molar-refractivity contribution in [1.82, 2.24) is 9.97 Å². The van der Waals surface area contributed by atoms with Gasteiger partial charge in [-0.3, -0.25) is 0 Å². The number of anilines is 1. The summed E-state index contributed by atoms with van der Waals surface area (Å²) in [6.45, 7) is -0.0229. The van der Waals surface area contributed by atoms with E-state index in [9.17, 15) is 5.11 Å². The first kappa shape index (κ1) is 21.3. The van der Waals surface area contributed by atoms with Crippen LogP contribution in [-0.4, -0.2) is 21.1 Å². The van der Waals surface area contributed by atoms with Crippen molar-refractivity contribution in [2.75, 3.05) is 5.32 Å². The molecule has 32 heavy (non-hydrogen) atoms. The van der Waals surface area contributed by atoms with Crippen LogP contribution in [0.2, 0.25) is 5.02 Å². The topological polar surface area (TPSA) is 58.0 Å². The van der Waals surface area contributed by atoms with Gasteiger partial charge in [0.1, 0.15) is 5.82 Å². The van der Waals surface area contributed by atoms with Gasteiger partial charge in [-0.15, -0.1) is 0 Å². The number of aliphatic hydroxyl groups excluding tert-OH is 1. The van der Waals surface area contributed by atoms with E-state index in [2.05, 4.69) is 11.4 Å². The molecule has 0 bridgehead atoms. The van der Waals surface area contributed by atoms with Crippen LogP contribution in [-0.2, 0) is 6.61 Å². The summed E-state index contributed by atoms with van der Waals surface area (Å²) in [6, 6.07) is 22.2. The van der Waals surface area contributed by atoms with Crippen LogP contribution in [0.25, 0.3) is 22.3 Å². The number of hydrogen-bond acceptors (Lipinski definition) is 5. The maximum Gasteiger partial charge on any atom is 0.163 e. The number of aromatic nitrogens is 2. The molecular weight excluding hydrogens is 438 g/mol. The molecule has 4 aromatic rings. The lowest BCUT2D eigenvalue weighted by molar-refractivity contribution is 0.279. The molecule has 0 unspecified atom stereocenters. The second kappa shape index (κ2) is 9.49. The molecule has 1 fully saturated rings. The minimum atomic E-state index is -0.0229. The minimum absolute atomic E-state index is 0.0229. The number of benzene rings is 3. The van der Waals surface area contributed by atoms with Crippen LogP contribution in [0.3, 0.4) is 0 Å². The quantitative estimate of drug-likeness (QED) is 0.325. The van der Waals surface area contributed by atoms with Crippen molar-refractivity contribution in [3.8, 4) is 11.4 Å². The Morgan fingerprint density at radius 2 is 1.72 bits per heavy atom. The Morgan fingerprint density at radius 1 is 0.938 bits per heavy atom. The van der Waals surface area contributed by atoms with Gasteiger partial charge in [-0.25, -0.2) is 9.97 Å². The predicted octanol–water partition coefficient (Wildman–Crippen LogP) is 6.95. The largest absolute Gasteiger partial charge is 0.392 e. The smallest absolute Gasteiger partial charge is 0.163 e. The number of nitrogens with one attached hydrogen (secondary N) is 1. The zero-order chi connectivity index (χ0) is 21.9.